The van der Waals surface area contributed by atoms with E-state index in [1.54, 1.807) is 0 Å². The van der Waals surface area contributed by atoms with Crippen LogP contribution in [0.15, 0.2) is 30.7 Å². The maximum absolute atomic E-state index is 5.39. The molecule has 4 rings (SSSR count). The Bertz CT molecular complexity index is 708. The molecule has 27 heavy (non-hydrogen) atoms. The smallest absolute Gasteiger partial charge is 0.225 e. The summed E-state index contributed by atoms with van der Waals surface area (Å²) >= 11 is 0. The molecule has 0 bridgehead atoms. The molecular weight excluding hydrogens is 342 g/mol. The largest absolute Gasteiger partial charge is 0.378 e. The molecule has 2 aromatic rings. The van der Waals surface area contributed by atoms with Crippen molar-refractivity contribution in [2.45, 2.75) is 6.54 Å². The molecule has 1 N–H and O–H groups in total. The normalized spacial score (nSPS) is 18.6. The number of anilines is 3. The number of ether oxygens (including phenoxy) is 1. The average Bonchev–Trinajstić information content (AvgIpc) is 2.74. The zero-order valence-electron chi connectivity index (χ0n) is 15.8. The molecule has 0 aromatic carbocycles. The maximum atomic E-state index is 5.39. The number of nitrogens with one attached hydrogen (secondary N) is 1. The Kier molecular flexibility index (Phi) is 5.64. The van der Waals surface area contributed by atoms with Crippen molar-refractivity contribution in [1.82, 2.24) is 19.9 Å². The fourth-order valence-electron chi connectivity index (χ4n) is 3.30. The quantitative estimate of drug-likeness (QED) is 0.839. The molecule has 0 saturated carbocycles. The molecule has 2 aliphatic rings. The summed E-state index contributed by atoms with van der Waals surface area (Å²) in [6.07, 6.45) is 5.71. The van der Waals surface area contributed by atoms with Gasteiger partial charge in [-0.05, 0) is 19.2 Å². The monoisotopic (exact) mass is 369 g/mol. The van der Waals surface area contributed by atoms with Crippen molar-refractivity contribution in [1.29, 1.82) is 0 Å². The van der Waals surface area contributed by atoms with Gasteiger partial charge >= 0.3 is 0 Å². The van der Waals surface area contributed by atoms with Crippen LogP contribution in [-0.2, 0) is 11.3 Å². The molecule has 2 fully saturated rings. The maximum Gasteiger partial charge on any atom is 0.225 e. The van der Waals surface area contributed by atoms with Crippen LogP contribution in [0.2, 0.25) is 0 Å². The van der Waals surface area contributed by atoms with E-state index in [4.69, 9.17) is 4.74 Å². The molecule has 8 heteroatoms. The predicted molar refractivity (Wildman–Crippen MR) is 106 cm³/mol. The van der Waals surface area contributed by atoms with E-state index in [1.807, 2.05) is 24.7 Å². The zero-order valence-corrected chi connectivity index (χ0v) is 15.8. The molecule has 0 aliphatic carbocycles. The van der Waals surface area contributed by atoms with E-state index >= 15 is 0 Å². The average molecular weight is 369 g/mol. The lowest BCUT2D eigenvalue weighted by Gasteiger charge is -2.32. The topological polar surface area (TPSA) is 69.7 Å². The van der Waals surface area contributed by atoms with Crippen LogP contribution in [0.5, 0.6) is 0 Å². The van der Waals surface area contributed by atoms with Crippen molar-refractivity contribution < 1.29 is 4.74 Å². The molecule has 4 heterocycles. The number of rotatable bonds is 5. The van der Waals surface area contributed by atoms with E-state index in [9.17, 15) is 0 Å². The first-order valence-electron chi connectivity index (χ1n) is 9.55. The van der Waals surface area contributed by atoms with Crippen molar-refractivity contribution in [3.63, 3.8) is 0 Å². The molecule has 2 aromatic heterocycles. The summed E-state index contributed by atoms with van der Waals surface area (Å²) in [6.45, 7) is 8.14. The SMILES string of the molecule is CN1CCN(c2ncc(CNc3ccc(N4CCOCC4)cn3)cn2)CC1. The minimum absolute atomic E-state index is 0.660. The molecule has 0 amide bonds. The van der Waals surface area contributed by atoms with Crippen molar-refractivity contribution in [3.8, 4) is 0 Å². The van der Waals surface area contributed by atoms with Gasteiger partial charge in [0.15, 0.2) is 0 Å². The first-order chi connectivity index (χ1) is 13.3. The molecule has 2 aliphatic heterocycles. The van der Waals surface area contributed by atoms with Crippen LogP contribution in [0.1, 0.15) is 5.56 Å². The second kappa shape index (κ2) is 8.49. The van der Waals surface area contributed by atoms with Gasteiger partial charge in [-0.1, -0.05) is 0 Å². The third kappa shape index (κ3) is 4.64. The fourth-order valence-corrected chi connectivity index (χ4v) is 3.30. The molecular formula is C19H27N7O. The third-order valence-electron chi connectivity index (χ3n) is 5.08. The number of hydrogen-bond donors (Lipinski definition) is 1. The van der Waals surface area contributed by atoms with Crippen LogP contribution >= 0.6 is 0 Å². The molecule has 0 radical (unpaired) electrons. The van der Waals surface area contributed by atoms with E-state index in [0.717, 1.165) is 75.5 Å². The Morgan fingerprint density at radius 3 is 2.30 bits per heavy atom. The fraction of sp³-hybridized carbons (Fsp3) is 0.526. The molecule has 0 atom stereocenters. The Balaban J connectivity index is 1.29. The van der Waals surface area contributed by atoms with E-state index in [1.165, 1.54) is 0 Å². The molecule has 144 valence electrons. The van der Waals surface area contributed by atoms with E-state index < -0.39 is 0 Å². The molecule has 8 nitrogen and oxygen atoms in total. The van der Waals surface area contributed by atoms with Gasteiger partial charge in [0.25, 0.3) is 0 Å². The second-order valence-electron chi connectivity index (χ2n) is 7.04. The lowest BCUT2D eigenvalue weighted by atomic mass is 10.3. The van der Waals surface area contributed by atoms with Crippen molar-refractivity contribution >= 4 is 17.5 Å². The van der Waals surface area contributed by atoms with Gasteiger partial charge in [0.05, 0.1) is 25.1 Å². The summed E-state index contributed by atoms with van der Waals surface area (Å²) in [5, 5.41) is 3.34. The number of morpholine rings is 1. The van der Waals surface area contributed by atoms with Gasteiger partial charge in [-0.3, -0.25) is 0 Å². The summed E-state index contributed by atoms with van der Waals surface area (Å²) in [5.74, 6) is 1.68. The van der Waals surface area contributed by atoms with Gasteiger partial charge < -0.3 is 24.8 Å². The van der Waals surface area contributed by atoms with Crippen LogP contribution in [0.3, 0.4) is 0 Å². The standard InChI is InChI=1S/C19H27N7O/c1-24-4-6-26(7-5-24)19-22-13-16(14-23-19)12-20-18-3-2-17(15-21-18)25-8-10-27-11-9-25/h2-3,13-15H,4-12H2,1H3,(H,20,21). The van der Waals surface area contributed by atoms with Crippen LogP contribution in [0.4, 0.5) is 17.5 Å². The minimum atomic E-state index is 0.660. The highest BCUT2D eigenvalue weighted by Crippen LogP contribution is 2.17. The van der Waals surface area contributed by atoms with Gasteiger partial charge in [-0.2, -0.15) is 0 Å². The summed E-state index contributed by atoms with van der Waals surface area (Å²) in [6, 6.07) is 4.12. The number of nitrogens with zero attached hydrogens (tertiary/aromatic N) is 6. The molecule has 0 spiro atoms. The first kappa shape index (κ1) is 17.9. The Morgan fingerprint density at radius 2 is 1.63 bits per heavy atom. The van der Waals surface area contributed by atoms with E-state index in [-0.39, 0.29) is 0 Å². The summed E-state index contributed by atoms with van der Waals surface area (Å²) in [5.41, 5.74) is 2.19. The number of pyridine rings is 1. The number of likely N-dealkylation sites (N-methyl/N-ethyl adjacent to an activating group) is 1. The summed E-state index contributed by atoms with van der Waals surface area (Å²) < 4.78 is 5.39. The Morgan fingerprint density at radius 1 is 0.889 bits per heavy atom. The lowest BCUT2D eigenvalue weighted by molar-refractivity contribution is 0.122. The van der Waals surface area contributed by atoms with Gasteiger partial charge in [0, 0.05) is 63.8 Å². The van der Waals surface area contributed by atoms with Gasteiger partial charge in [0.2, 0.25) is 5.95 Å². The first-order valence-corrected chi connectivity index (χ1v) is 9.55. The van der Waals surface area contributed by atoms with Crippen molar-refractivity contribution in [2.24, 2.45) is 0 Å². The summed E-state index contributed by atoms with van der Waals surface area (Å²) in [7, 11) is 2.15. The lowest BCUT2D eigenvalue weighted by Crippen LogP contribution is -2.45. The van der Waals surface area contributed by atoms with Crippen molar-refractivity contribution in [2.75, 3.05) is 74.6 Å². The van der Waals surface area contributed by atoms with Gasteiger partial charge in [-0.25, -0.2) is 15.0 Å². The highest BCUT2D eigenvalue weighted by molar-refractivity contribution is 5.49. The predicted octanol–water partition coefficient (Wildman–Crippen LogP) is 1.07. The number of hydrogen-bond acceptors (Lipinski definition) is 8. The van der Waals surface area contributed by atoms with Crippen LogP contribution in [-0.4, -0.2) is 79.4 Å². The van der Waals surface area contributed by atoms with Crippen LogP contribution < -0.4 is 15.1 Å². The molecule has 0 unspecified atom stereocenters. The summed E-state index contributed by atoms with van der Waals surface area (Å²) in [4.78, 5) is 20.4. The highest BCUT2D eigenvalue weighted by Gasteiger charge is 2.16. The minimum Gasteiger partial charge on any atom is -0.378 e. The van der Waals surface area contributed by atoms with Gasteiger partial charge in [0.1, 0.15) is 5.82 Å². The Hall–Kier alpha value is -2.45. The third-order valence-corrected chi connectivity index (χ3v) is 5.08. The van der Waals surface area contributed by atoms with Crippen LogP contribution in [0.25, 0.3) is 0 Å². The van der Waals surface area contributed by atoms with E-state index in [2.05, 4.69) is 48.1 Å². The highest BCUT2D eigenvalue weighted by atomic mass is 16.5. The van der Waals surface area contributed by atoms with Crippen molar-refractivity contribution in [3.05, 3.63) is 36.3 Å². The number of piperazine rings is 1. The van der Waals surface area contributed by atoms with Crippen LogP contribution in [0, 0.1) is 0 Å². The Labute approximate surface area is 160 Å². The zero-order chi connectivity index (χ0) is 18.5. The van der Waals surface area contributed by atoms with E-state index in [0.29, 0.717) is 6.54 Å². The molecule has 2 saturated heterocycles. The van der Waals surface area contributed by atoms with Gasteiger partial charge in [-0.15, -0.1) is 0 Å². The second-order valence-corrected chi connectivity index (χ2v) is 7.04. The number of aromatic nitrogens is 3.